The SMILES string of the molecule is COc1ccc(Br)c(CNCC(OC)OC)c1. The molecule has 0 unspecified atom stereocenters. The topological polar surface area (TPSA) is 39.7 Å². The quantitative estimate of drug-likeness (QED) is 0.784. The van der Waals surface area contributed by atoms with Crippen molar-refractivity contribution in [1.82, 2.24) is 5.32 Å². The third-order valence-corrected chi connectivity index (χ3v) is 3.18. The summed E-state index contributed by atoms with van der Waals surface area (Å²) >= 11 is 3.50. The van der Waals surface area contributed by atoms with Gasteiger partial charge < -0.3 is 19.5 Å². The van der Waals surface area contributed by atoms with Crippen LogP contribution in [0, 0.1) is 0 Å². The maximum absolute atomic E-state index is 5.18. The van der Waals surface area contributed by atoms with Gasteiger partial charge in [0.05, 0.1) is 7.11 Å². The summed E-state index contributed by atoms with van der Waals surface area (Å²) in [7, 11) is 4.90. The molecule has 5 heteroatoms. The van der Waals surface area contributed by atoms with E-state index in [0.717, 1.165) is 22.3 Å². The number of methoxy groups -OCH3 is 3. The molecule has 0 aromatic heterocycles. The zero-order chi connectivity index (χ0) is 12.7. The number of benzene rings is 1. The molecule has 0 aliphatic heterocycles. The summed E-state index contributed by atoms with van der Waals surface area (Å²) in [6.07, 6.45) is -0.223. The van der Waals surface area contributed by atoms with Crippen LogP contribution in [-0.2, 0) is 16.0 Å². The van der Waals surface area contributed by atoms with Gasteiger partial charge in [0.25, 0.3) is 0 Å². The second-order valence-electron chi connectivity index (χ2n) is 3.49. The predicted molar refractivity (Wildman–Crippen MR) is 70.2 cm³/mol. The van der Waals surface area contributed by atoms with Crippen molar-refractivity contribution < 1.29 is 14.2 Å². The summed E-state index contributed by atoms with van der Waals surface area (Å²) in [5.74, 6) is 0.847. The molecule has 0 fully saturated rings. The maximum Gasteiger partial charge on any atom is 0.169 e. The molecule has 0 atom stereocenters. The van der Waals surface area contributed by atoms with Crippen LogP contribution in [0.15, 0.2) is 22.7 Å². The zero-order valence-corrected chi connectivity index (χ0v) is 11.9. The van der Waals surface area contributed by atoms with Gasteiger partial charge >= 0.3 is 0 Å². The molecule has 0 saturated heterocycles. The summed E-state index contributed by atoms with van der Waals surface area (Å²) in [6, 6.07) is 5.88. The van der Waals surface area contributed by atoms with Crippen molar-refractivity contribution in [3.8, 4) is 5.75 Å². The third-order valence-electron chi connectivity index (χ3n) is 2.41. The van der Waals surface area contributed by atoms with Gasteiger partial charge in [-0.25, -0.2) is 0 Å². The molecule has 0 radical (unpaired) electrons. The van der Waals surface area contributed by atoms with Gasteiger partial charge in [-0.05, 0) is 23.8 Å². The Kier molecular flexibility index (Phi) is 6.50. The largest absolute Gasteiger partial charge is 0.497 e. The highest BCUT2D eigenvalue weighted by Crippen LogP contribution is 2.22. The normalized spacial score (nSPS) is 10.9. The van der Waals surface area contributed by atoms with Crippen molar-refractivity contribution in [2.24, 2.45) is 0 Å². The lowest BCUT2D eigenvalue weighted by atomic mass is 10.2. The number of nitrogens with one attached hydrogen (secondary N) is 1. The van der Waals surface area contributed by atoms with E-state index >= 15 is 0 Å². The molecule has 0 heterocycles. The van der Waals surface area contributed by atoms with Crippen molar-refractivity contribution in [1.29, 1.82) is 0 Å². The van der Waals surface area contributed by atoms with Gasteiger partial charge in [-0.3, -0.25) is 0 Å². The highest BCUT2D eigenvalue weighted by atomic mass is 79.9. The van der Waals surface area contributed by atoms with Crippen LogP contribution in [0.25, 0.3) is 0 Å². The van der Waals surface area contributed by atoms with Crippen LogP contribution in [0.1, 0.15) is 5.56 Å². The van der Waals surface area contributed by atoms with Crippen LogP contribution in [0.2, 0.25) is 0 Å². The lowest BCUT2D eigenvalue weighted by Crippen LogP contribution is -2.29. The molecule has 96 valence electrons. The van der Waals surface area contributed by atoms with E-state index in [0.29, 0.717) is 6.54 Å². The molecule has 17 heavy (non-hydrogen) atoms. The Bertz CT molecular complexity index is 343. The van der Waals surface area contributed by atoms with Gasteiger partial charge in [0.1, 0.15) is 5.75 Å². The Hall–Kier alpha value is -0.620. The van der Waals surface area contributed by atoms with Crippen molar-refractivity contribution in [2.75, 3.05) is 27.9 Å². The fourth-order valence-electron chi connectivity index (χ4n) is 1.40. The molecule has 4 nitrogen and oxygen atoms in total. The monoisotopic (exact) mass is 303 g/mol. The molecule has 0 aliphatic rings. The Balaban J connectivity index is 2.50. The summed E-state index contributed by atoms with van der Waals surface area (Å²) < 4.78 is 16.4. The lowest BCUT2D eigenvalue weighted by Gasteiger charge is -2.14. The van der Waals surface area contributed by atoms with E-state index in [4.69, 9.17) is 14.2 Å². The van der Waals surface area contributed by atoms with Gasteiger partial charge in [-0.15, -0.1) is 0 Å². The predicted octanol–water partition coefficient (Wildman–Crippen LogP) is 2.17. The molecule has 0 spiro atoms. The van der Waals surface area contributed by atoms with Crippen LogP contribution in [-0.4, -0.2) is 34.2 Å². The molecular formula is C12H18BrNO3. The van der Waals surface area contributed by atoms with E-state index < -0.39 is 0 Å². The first-order valence-electron chi connectivity index (χ1n) is 5.30. The molecular weight excluding hydrogens is 286 g/mol. The number of rotatable bonds is 7. The van der Waals surface area contributed by atoms with Gasteiger partial charge in [-0.2, -0.15) is 0 Å². The standard InChI is InChI=1S/C12H18BrNO3/c1-15-10-4-5-11(13)9(6-10)7-14-8-12(16-2)17-3/h4-6,12,14H,7-8H2,1-3H3. The fourth-order valence-corrected chi connectivity index (χ4v) is 1.79. The summed E-state index contributed by atoms with van der Waals surface area (Å²) in [6.45, 7) is 1.36. The van der Waals surface area contributed by atoms with Crippen LogP contribution in [0.3, 0.4) is 0 Å². The first kappa shape index (κ1) is 14.4. The summed E-state index contributed by atoms with van der Waals surface area (Å²) in [5.41, 5.74) is 1.13. The van der Waals surface area contributed by atoms with Crippen LogP contribution >= 0.6 is 15.9 Å². The van der Waals surface area contributed by atoms with Gasteiger partial charge in [0.15, 0.2) is 6.29 Å². The Morgan fingerprint density at radius 1 is 1.24 bits per heavy atom. The molecule has 0 aliphatic carbocycles. The molecule has 0 amide bonds. The second-order valence-corrected chi connectivity index (χ2v) is 4.34. The Labute approximate surface area is 110 Å². The van der Waals surface area contributed by atoms with Crippen LogP contribution in [0.5, 0.6) is 5.75 Å². The van der Waals surface area contributed by atoms with Crippen molar-refractivity contribution in [2.45, 2.75) is 12.8 Å². The number of halogens is 1. The number of hydrogen-bond donors (Lipinski definition) is 1. The number of ether oxygens (including phenoxy) is 3. The molecule has 1 N–H and O–H groups in total. The van der Waals surface area contributed by atoms with E-state index in [1.807, 2.05) is 18.2 Å². The van der Waals surface area contributed by atoms with Gasteiger partial charge in [0.2, 0.25) is 0 Å². The molecule has 1 rings (SSSR count). The lowest BCUT2D eigenvalue weighted by molar-refractivity contribution is -0.0989. The van der Waals surface area contributed by atoms with Crippen LogP contribution in [0.4, 0.5) is 0 Å². The van der Waals surface area contributed by atoms with Crippen molar-refractivity contribution >= 4 is 15.9 Å². The first-order chi connectivity index (χ1) is 8.21. The van der Waals surface area contributed by atoms with E-state index in [1.165, 1.54) is 0 Å². The molecule has 1 aromatic rings. The number of hydrogen-bond acceptors (Lipinski definition) is 4. The van der Waals surface area contributed by atoms with E-state index in [-0.39, 0.29) is 6.29 Å². The van der Waals surface area contributed by atoms with E-state index in [9.17, 15) is 0 Å². The van der Waals surface area contributed by atoms with E-state index in [2.05, 4.69) is 21.2 Å². The zero-order valence-electron chi connectivity index (χ0n) is 10.3. The fraction of sp³-hybridized carbons (Fsp3) is 0.500. The minimum atomic E-state index is -0.223. The highest BCUT2D eigenvalue weighted by Gasteiger charge is 2.06. The van der Waals surface area contributed by atoms with E-state index in [1.54, 1.807) is 21.3 Å². The van der Waals surface area contributed by atoms with Crippen molar-refractivity contribution in [3.63, 3.8) is 0 Å². The molecule has 0 bridgehead atoms. The third kappa shape index (κ3) is 4.63. The van der Waals surface area contributed by atoms with Gasteiger partial charge in [0, 0.05) is 31.8 Å². The first-order valence-corrected chi connectivity index (χ1v) is 6.09. The van der Waals surface area contributed by atoms with Crippen LogP contribution < -0.4 is 10.1 Å². The second kappa shape index (κ2) is 7.66. The smallest absolute Gasteiger partial charge is 0.169 e. The Morgan fingerprint density at radius 3 is 2.53 bits per heavy atom. The molecule has 1 aromatic carbocycles. The minimum absolute atomic E-state index is 0.223. The average molecular weight is 304 g/mol. The highest BCUT2D eigenvalue weighted by molar-refractivity contribution is 9.10. The maximum atomic E-state index is 5.18. The summed E-state index contributed by atoms with van der Waals surface area (Å²) in [5, 5.41) is 3.26. The van der Waals surface area contributed by atoms with Crippen molar-refractivity contribution in [3.05, 3.63) is 28.2 Å². The summed E-state index contributed by atoms with van der Waals surface area (Å²) in [4.78, 5) is 0. The average Bonchev–Trinajstić information content (AvgIpc) is 2.36. The van der Waals surface area contributed by atoms with Gasteiger partial charge in [-0.1, -0.05) is 15.9 Å². The Morgan fingerprint density at radius 2 is 1.94 bits per heavy atom. The minimum Gasteiger partial charge on any atom is -0.497 e. The molecule has 0 saturated carbocycles.